The minimum Gasteiger partial charge on any atom is -0.495 e. The average molecular weight is 468 g/mol. The lowest BCUT2D eigenvalue weighted by Crippen LogP contribution is -2.38. The molecule has 0 aliphatic carbocycles. The number of aromatic nitrogens is 1. The van der Waals surface area contributed by atoms with Crippen molar-refractivity contribution in [2.45, 2.75) is 11.8 Å². The summed E-state index contributed by atoms with van der Waals surface area (Å²) >= 11 is 1.37. The summed E-state index contributed by atoms with van der Waals surface area (Å²) in [6.45, 7) is 1.40. The van der Waals surface area contributed by atoms with E-state index in [4.69, 9.17) is 4.74 Å². The maximum atomic E-state index is 13.7. The highest BCUT2D eigenvalue weighted by molar-refractivity contribution is 7.93. The van der Waals surface area contributed by atoms with Gasteiger partial charge in [0, 0.05) is 17.3 Å². The maximum Gasteiger partial charge on any atom is 0.268 e. The number of amides is 1. The quantitative estimate of drug-likeness (QED) is 0.434. The molecule has 4 rings (SSSR count). The van der Waals surface area contributed by atoms with E-state index in [9.17, 15) is 13.2 Å². The Kier molecular flexibility index (Phi) is 6.11. The molecule has 0 atom stereocenters. The van der Waals surface area contributed by atoms with Crippen molar-refractivity contribution in [1.82, 2.24) is 4.37 Å². The molecular formula is C23H21N3O4S2. The van der Waals surface area contributed by atoms with Crippen LogP contribution in [0.2, 0.25) is 0 Å². The van der Waals surface area contributed by atoms with Crippen LogP contribution in [0.25, 0.3) is 10.1 Å². The first-order valence-corrected chi connectivity index (χ1v) is 12.0. The standard InChI is InChI=1S/C23H21N3O4S2/c1-16-8-10-20(30-2)22(12-16)32(28,29)26(19-6-4-3-5-7-19)15-23(27)25-18-9-11-21-17(13-18)14-24-31-21/h3-14H,15H2,1-2H3,(H,25,27). The SMILES string of the molecule is COc1ccc(C)cc1S(=O)(=O)N(CC(=O)Nc1ccc2sncc2c1)c1ccccc1. The Labute approximate surface area is 190 Å². The van der Waals surface area contributed by atoms with Gasteiger partial charge in [-0.05, 0) is 66.5 Å². The summed E-state index contributed by atoms with van der Waals surface area (Å²) in [6.07, 6.45) is 1.72. The Morgan fingerprint density at radius 2 is 1.88 bits per heavy atom. The van der Waals surface area contributed by atoms with E-state index in [0.717, 1.165) is 20.0 Å². The fourth-order valence-electron chi connectivity index (χ4n) is 3.29. The van der Waals surface area contributed by atoms with E-state index in [1.807, 2.05) is 12.1 Å². The summed E-state index contributed by atoms with van der Waals surface area (Å²) in [7, 11) is -2.68. The number of carbonyl (C=O) groups excluding carboxylic acids is 1. The van der Waals surface area contributed by atoms with Gasteiger partial charge in [0.15, 0.2) is 0 Å². The third-order valence-electron chi connectivity index (χ3n) is 4.85. The van der Waals surface area contributed by atoms with E-state index in [0.29, 0.717) is 11.4 Å². The Balaban J connectivity index is 1.68. The lowest BCUT2D eigenvalue weighted by Gasteiger charge is -2.25. The van der Waals surface area contributed by atoms with Gasteiger partial charge >= 0.3 is 0 Å². The first-order chi connectivity index (χ1) is 15.4. The zero-order chi connectivity index (χ0) is 22.7. The minimum absolute atomic E-state index is 0.00224. The zero-order valence-corrected chi connectivity index (χ0v) is 19.1. The number of ether oxygens (including phenoxy) is 1. The Morgan fingerprint density at radius 1 is 1.09 bits per heavy atom. The van der Waals surface area contributed by atoms with E-state index in [-0.39, 0.29) is 10.6 Å². The zero-order valence-electron chi connectivity index (χ0n) is 17.5. The fraction of sp³-hybridized carbons (Fsp3) is 0.130. The molecule has 0 aliphatic rings. The van der Waals surface area contributed by atoms with Crippen LogP contribution < -0.4 is 14.4 Å². The highest BCUT2D eigenvalue weighted by atomic mass is 32.2. The van der Waals surface area contributed by atoms with E-state index >= 15 is 0 Å². The number of methoxy groups -OCH3 is 1. The van der Waals surface area contributed by atoms with Gasteiger partial charge in [-0.2, -0.15) is 4.37 Å². The molecule has 7 nitrogen and oxygen atoms in total. The summed E-state index contributed by atoms with van der Waals surface area (Å²) in [5.74, 6) is -0.251. The van der Waals surface area contributed by atoms with E-state index in [2.05, 4.69) is 9.69 Å². The van der Waals surface area contributed by atoms with Crippen molar-refractivity contribution >= 4 is 48.9 Å². The van der Waals surface area contributed by atoms with E-state index in [1.165, 1.54) is 18.6 Å². The number of fused-ring (bicyclic) bond motifs is 1. The molecule has 32 heavy (non-hydrogen) atoms. The van der Waals surface area contributed by atoms with Crippen molar-refractivity contribution in [3.8, 4) is 5.75 Å². The van der Waals surface area contributed by atoms with Gasteiger partial charge in [-0.25, -0.2) is 8.42 Å². The minimum atomic E-state index is -4.09. The molecule has 0 radical (unpaired) electrons. The topological polar surface area (TPSA) is 88.6 Å². The Bertz CT molecular complexity index is 1370. The lowest BCUT2D eigenvalue weighted by atomic mass is 10.2. The number of benzene rings is 3. The van der Waals surface area contributed by atoms with Crippen LogP contribution in [-0.2, 0) is 14.8 Å². The van der Waals surface area contributed by atoms with Gasteiger partial charge in [-0.15, -0.1) is 0 Å². The number of nitrogens with one attached hydrogen (secondary N) is 1. The maximum absolute atomic E-state index is 13.7. The second kappa shape index (κ2) is 8.97. The third kappa shape index (κ3) is 4.44. The monoisotopic (exact) mass is 467 g/mol. The van der Waals surface area contributed by atoms with Crippen molar-refractivity contribution in [2.24, 2.45) is 0 Å². The molecule has 0 fully saturated rings. The fourth-order valence-corrected chi connectivity index (χ4v) is 5.58. The number of sulfonamides is 1. The van der Waals surface area contributed by atoms with Crippen LogP contribution in [0, 0.1) is 6.92 Å². The second-order valence-corrected chi connectivity index (χ2v) is 9.79. The first-order valence-electron chi connectivity index (χ1n) is 9.75. The molecule has 1 heterocycles. The number of carbonyl (C=O) groups is 1. The molecule has 3 aromatic carbocycles. The highest BCUT2D eigenvalue weighted by Crippen LogP contribution is 2.31. The number of para-hydroxylation sites is 1. The number of nitrogens with zero attached hydrogens (tertiary/aromatic N) is 2. The summed E-state index contributed by atoms with van der Waals surface area (Å²) in [4.78, 5) is 12.9. The van der Waals surface area contributed by atoms with E-state index < -0.39 is 22.5 Å². The normalized spacial score (nSPS) is 11.3. The van der Waals surface area contributed by atoms with Crippen molar-refractivity contribution < 1.29 is 17.9 Å². The molecular weight excluding hydrogens is 446 g/mol. The molecule has 0 unspecified atom stereocenters. The Hall–Kier alpha value is -3.43. The third-order valence-corrected chi connectivity index (χ3v) is 7.43. The molecule has 9 heteroatoms. The van der Waals surface area contributed by atoms with Gasteiger partial charge in [0.25, 0.3) is 10.0 Å². The highest BCUT2D eigenvalue weighted by Gasteiger charge is 2.30. The van der Waals surface area contributed by atoms with Crippen LogP contribution in [0.5, 0.6) is 5.75 Å². The second-order valence-electron chi connectivity index (χ2n) is 7.13. The van der Waals surface area contributed by atoms with Crippen LogP contribution >= 0.6 is 11.5 Å². The number of anilines is 2. The van der Waals surface area contributed by atoms with Gasteiger partial charge in [-0.3, -0.25) is 9.10 Å². The molecule has 0 spiro atoms. The summed E-state index contributed by atoms with van der Waals surface area (Å²) in [5, 5.41) is 3.70. The average Bonchev–Trinajstić information content (AvgIpc) is 3.26. The number of hydrogen-bond acceptors (Lipinski definition) is 6. The van der Waals surface area contributed by atoms with Crippen molar-refractivity contribution in [3.05, 3.63) is 78.5 Å². The van der Waals surface area contributed by atoms with Crippen LogP contribution in [0.1, 0.15) is 5.56 Å². The van der Waals surface area contributed by atoms with Crippen LogP contribution in [0.4, 0.5) is 11.4 Å². The molecule has 164 valence electrons. The molecule has 4 aromatic rings. The predicted octanol–water partition coefficient (Wildman–Crippen LogP) is 4.45. The summed E-state index contributed by atoms with van der Waals surface area (Å²) < 4.78 is 38.8. The van der Waals surface area contributed by atoms with Crippen molar-refractivity contribution in [1.29, 1.82) is 0 Å². The first kappa shape index (κ1) is 21.8. The summed E-state index contributed by atoms with van der Waals surface area (Å²) in [6, 6.07) is 18.9. The molecule has 0 saturated carbocycles. The van der Waals surface area contributed by atoms with Gasteiger partial charge in [-0.1, -0.05) is 24.3 Å². The molecule has 1 aromatic heterocycles. The molecule has 1 amide bonds. The number of rotatable bonds is 7. The predicted molar refractivity (Wildman–Crippen MR) is 127 cm³/mol. The van der Waals surface area contributed by atoms with Crippen LogP contribution in [-0.4, -0.2) is 32.4 Å². The number of hydrogen-bond donors (Lipinski definition) is 1. The molecule has 0 aliphatic heterocycles. The van der Waals surface area contributed by atoms with Crippen molar-refractivity contribution in [3.63, 3.8) is 0 Å². The summed E-state index contributed by atoms with van der Waals surface area (Å²) in [5.41, 5.74) is 1.71. The largest absolute Gasteiger partial charge is 0.495 e. The van der Waals surface area contributed by atoms with Crippen LogP contribution in [0.3, 0.4) is 0 Å². The van der Waals surface area contributed by atoms with Gasteiger partial charge in [0.2, 0.25) is 5.91 Å². The van der Waals surface area contributed by atoms with Crippen molar-refractivity contribution in [2.75, 3.05) is 23.3 Å². The van der Waals surface area contributed by atoms with Gasteiger partial charge in [0.1, 0.15) is 17.2 Å². The smallest absolute Gasteiger partial charge is 0.268 e. The van der Waals surface area contributed by atoms with Gasteiger partial charge in [0.05, 0.1) is 17.5 Å². The number of aryl methyl sites for hydroxylation is 1. The lowest BCUT2D eigenvalue weighted by molar-refractivity contribution is -0.114. The Morgan fingerprint density at radius 3 is 2.62 bits per heavy atom. The molecule has 1 N–H and O–H groups in total. The van der Waals surface area contributed by atoms with Crippen LogP contribution in [0.15, 0.2) is 77.8 Å². The molecule has 0 bridgehead atoms. The van der Waals surface area contributed by atoms with E-state index in [1.54, 1.807) is 67.7 Å². The van der Waals surface area contributed by atoms with Gasteiger partial charge < -0.3 is 10.1 Å². The molecule has 0 saturated heterocycles.